The highest BCUT2D eigenvalue weighted by Crippen LogP contribution is 2.13. The molecule has 0 spiro atoms. The summed E-state index contributed by atoms with van der Waals surface area (Å²) < 4.78 is 13.8. The van der Waals surface area contributed by atoms with Crippen LogP contribution in [-0.2, 0) is 16.0 Å². The molecule has 9 nitrogen and oxygen atoms in total. The molecule has 0 amide bonds. The number of nitrogens with zero attached hydrogens (tertiary/aromatic N) is 6. The first-order chi connectivity index (χ1) is 10.8. The van der Waals surface area contributed by atoms with Gasteiger partial charge in [-0.05, 0) is 12.1 Å². The Morgan fingerprint density at radius 3 is 2.91 bits per heavy atom. The number of rotatable bonds is 3. The molecule has 0 aliphatic carbocycles. The molecule has 4 heterocycles. The van der Waals surface area contributed by atoms with Gasteiger partial charge in [0, 0.05) is 0 Å². The first-order valence-corrected chi connectivity index (χ1v) is 6.76. The maximum Gasteiger partial charge on any atom is 0.270 e. The zero-order valence-electron chi connectivity index (χ0n) is 11.5. The van der Waals surface area contributed by atoms with Crippen LogP contribution < -0.4 is 5.56 Å². The summed E-state index contributed by atoms with van der Waals surface area (Å²) in [6, 6.07) is 3.55. The van der Waals surface area contributed by atoms with Crippen molar-refractivity contribution in [2.45, 2.75) is 12.8 Å². The molecule has 3 aromatic rings. The van der Waals surface area contributed by atoms with Crippen LogP contribution in [0, 0.1) is 0 Å². The molecule has 0 aromatic carbocycles. The predicted octanol–water partition coefficient (Wildman–Crippen LogP) is -0.255. The van der Waals surface area contributed by atoms with Gasteiger partial charge in [0.15, 0.2) is 17.8 Å². The lowest BCUT2D eigenvalue weighted by molar-refractivity contribution is -0.0523. The van der Waals surface area contributed by atoms with Crippen LogP contribution in [0.4, 0.5) is 0 Å². The van der Waals surface area contributed by atoms with Gasteiger partial charge in [-0.25, -0.2) is 19.6 Å². The summed E-state index contributed by atoms with van der Waals surface area (Å²) in [4.78, 5) is 24.6. The zero-order valence-corrected chi connectivity index (χ0v) is 11.5. The Labute approximate surface area is 124 Å². The SMILES string of the molecule is O=c1cnc2ccc(-n3cncn3)nc2n1CC1OCCO1. The van der Waals surface area contributed by atoms with Crippen LogP contribution in [0.3, 0.4) is 0 Å². The third-order valence-corrected chi connectivity index (χ3v) is 3.35. The average Bonchev–Trinajstić information content (AvgIpc) is 3.23. The van der Waals surface area contributed by atoms with Gasteiger partial charge in [-0.3, -0.25) is 9.36 Å². The van der Waals surface area contributed by atoms with E-state index < -0.39 is 6.29 Å². The molecular formula is C13H12N6O3. The van der Waals surface area contributed by atoms with Gasteiger partial charge < -0.3 is 9.47 Å². The van der Waals surface area contributed by atoms with Crippen LogP contribution in [0.2, 0.25) is 0 Å². The van der Waals surface area contributed by atoms with Gasteiger partial charge >= 0.3 is 0 Å². The van der Waals surface area contributed by atoms with Crippen molar-refractivity contribution in [3.63, 3.8) is 0 Å². The highest BCUT2D eigenvalue weighted by atomic mass is 16.7. The fourth-order valence-corrected chi connectivity index (χ4v) is 2.32. The monoisotopic (exact) mass is 300 g/mol. The number of aromatic nitrogens is 6. The topological polar surface area (TPSA) is 97.0 Å². The minimum atomic E-state index is -0.444. The van der Waals surface area contributed by atoms with E-state index in [0.717, 1.165) is 0 Å². The van der Waals surface area contributed by atoms with Gasteiger partial charge in [-0.15, -0.1) is 0 Å². The molecule has 0 unspecified atom stereocenters. The number of hydrogen-bond donors (Lipinski definition) is 0. The molecule has 1 aliphatic rings. The van der Waals surface area contributed by atoms with E-state index in [1.54, 1.807) is 12.1 Å². The summed E-state index contributed by atoms with van der Waals surface area (Å²) in [6.07, 6.45) is 3.78. The molecule has 0 bridgehead atoms. The Bertz CT molecular complexity index is 854. The molecule has 3 aromatic heterocycles. The predicted molar refractivity (Wildman–Crippen MR) is 74.4 cm³/mol. The van der Waals surface area contributed by atoms with E-state index in [-0.39, 0.29) is 12.1 Å². The van der Waals surface area contributed by atoms with Gasteiger partial charge in [-0.1, -0.05) is 0 Å². The minimum absolute atomic E-state index is 0.255. The average molecular weight is 300 g/mol. The molecule has 0 saturated carbocycles. The van der Waals surface area contributed by atoms with Crippen molar-refractivity contribution < 1.29 is 9.47 Å². The highest BCUT2D eigenvalue weighted by molar-refractivity contribution is 5.71. The molecule has 1 fully saturated rings. The summed E-state index contributed by atoms with van der Waals surface area (Å²) in [7, 11) is 0. The first-order valence-electron chi connectivity index (χ1n) is 6.76. The van der Waals surface area contributed by atoms with Gasteiger partial charge in [0.25, 0.3) is 5.56 Å². The molecular weight excluding hydrogens is 288 g/mol. The lowest BCUT2D eigenvalue weighted by Crippen LogP contribution is -2.28. The Balaban J connectivity index is 1.84. The summed E-state index contributed by atoms with van der Waals surface area (Å²) >= 11 is 0. The van der Waals surface area contributed by atoms with Crippen LogP contribution in [-0.4, -0.2) is 48.8 Å². The van der Waals surface area contributed by atoms with Gasteiger partial charge in [0.1, 0.15) is 18.2 Å². The number of ether oxygens (including phenoxy) is 2. The van der Waals surface area contributed by atoms with Crippen molar-refractivity contribution in [2.24, 2.45) is 0 Å². The number of pyridine rings is 1. The van der Waals surface area contributed by atoms with Crippen LogP contribution in [0.15, 0.2) is 35.8 Å². The Kier molecular flexibility index (Phi) is 3.13. The Hall–Kier alpha value is -2.65. The summed E-state index contributed by atoms with van der Waals surface area (Å²) in [5.74, 6) is 0.555. The maximum atomic E-state index is 12.1. The second-order valence-corrected chi connectivity index (χ2v) is 4.73. The molecule has 9 heteroatoms. The minimum Gasteiger partial charge on any atom is -0.348 e. The second-order valence-electron chi connectivity index (χ2n) is 4.73. The van der Waals surface area contributed by atoms with Crippen molar-refractivity contribution in [3.8, 4) is 5.82 Å². The molecule has 112 valence electrons. The largest absolute Gasteiger partial charge is 0.348 e. The molecule has 1 aliphatic heterocycles. The molecule has 22 heavy (non-hydrogen) atoms. The van der Waals surface area contributed by atoms with Gasteiger partial charge in [-0.2, -0.15) is 5.10 Å². The van der Waals surface area contributed by atoms with Gasteiger partial charge in [0.05, 0.1) is 26.0 Å². The van der Waals surface area contributed by atoms with Crippen LogP contribution in [0.1, 0.15) is 0 Å². The number of hydrogen-bond acceptors (Lipinski definition) is 7. The van der Waals surface area contributed by atoms with Crippen LogP contribution >= 0.6 is 0 Å². The molecule has 4 rings (SSSR count). The summed E-state index contributed by atoms with van der Waals surface area (Å²) in [5, 5.41) is 4.03. The molecule has 0 N–H and O–H groups in total. The van der Waals surface area contributed by atoms with Crippen LogP contribution in [0.5, 0.6) is 0 Å². The van der Waals surface area contributed by atoms with E-state index in [2.05, 4.69) is 20.1 Å². The fourth-order valence-electron chi connectivity index (χ4n) is 2.32. The van der Waals surface area contributed by atoms with E-state index in [9.17, 15) is 4.79 Å². The van der Waals surface area contributed by atoms with Crippen molar-refractivity contribution in [3.05, 3.63) is 41.3 Å². The lowest BCUT2D eigenvalue weighted by Gasteiger charge is -2.13. The maximum absolute atomic E-state index is 12.1. The Morgan fingerprint density at radius 2 is 2.14 bits per heavy atom. The third-order valence-electron chi connectivity index (χ3n) is 3.35. The quantitative estimate of drug-likeness (QED) is 0.657. The first kappa shape index (κ1) is 13.0. The van der Waals surface area contributed by atoms with E-state index in [4.69, 9.17) is 9.47 Å². The standard InChI is InChI=1S/C13H12N6O3/c20-11-5-15-9-1-2-10(19-8-14-7-16-19)17-13(9)18(11)6-12-21-3-4-22-12/h1-2,5,7-8,12H,3-4,6H2. The van der Waals surface area contributed by atoms with E-state index in [1.165, 1.54) is 28.1 Å². The normalized spacial score (nSPS) is 15.6. The number of fused-ring (bicyclic) bond motifs is 1. The van der Waals surface area contributed by atoms with Crippen LogP contribution in [0.25, 0.3) is 17.0 Å². The van der Waals surface area contributed by atoms with Crippen molar-refractivity contribution in [1.82, 2.24) is 29.3 Å². The smallest absolute Gasteiger partial charge is 0.270 e. The van der Waals surface area contributed by atoms with Crippen molar-refractivity contribution in [2.75, 3.05) is 13.2 Å². The lowest BCUT2D eigenvalue weighted by atomic mass is 10.4. The second kappa shape index (κ2) is 5.28. The van der Waals surface area contributed by atoms with E-state index >= 15 is 0 Å². The van der Waals surface area contributed by atoms with Crippen molar-refractivity contribution in [1.29, 1.82) is 0 Å². The third kappa shape index (κ3) is 2.26. The molecule has 1 saturated heterocycles. The summed E-state index contributed by atoms with van der Waals surface area (Å²) in [5.41, 5.74) is 0.816. The fraction of sp³-hybridized carbons (Fsp3) is 0.308. The van der Waals surface area contributed by atoms with Gasteiger partial charge in [0.2, 0.25) is 0 Å². The summed E-state index contributed by atoms with van der Waals surface area (Å²) in [6.45, 7) is 1.33. The zero-order chi connectivity index (χ0) is 14.9. The van der Waals surface area contributed by atoms with E-state index in [0.29, 0.717) is 30.2 Å². The highest BCUT2D eigenvalue weighted by Gasteiger charge is 2.19. The Morgan fingerprint density at radius 1 is 1.27 bits per heavy atom. The van der Waals surface area contributed by atoms with E-state index in [1.807, 2.05) is 0 Å². The van der Waals surface area contributed by atoms with Crippen molar-refractivity contribution >= 4 is 11.2 Å². The molecule has 0 atom stereocenters. The molecule has 0 radical (unpaired) electrons.